The molecule has 0 atom stereocenters. The molecule has 0 aliphatic carbocycles. The molecular weight excluding hydrogens is 294 g/mol. The SMILES string of the molecule is CC1CCN(c2ccc([N+](=O)[O-])c(C(=O)N3CCCC3)c2)CC1. The Kier molecular flexibility index (Phi) is 4.50. The van der Waals surface area contributed by atoms with E-state index in [9.17, 15) is 14.9 Å². The second-order valence-electron chi connectivity index (χ2n) is 6.63. The van der Waals surface area contributed by atoms with Gasteiger partial charge in [-0.1, -0.05) is 6.92 Å². The molecule has 1 aromatic carbocycles. The molecule has 124 valence electrons. The van der Waals surface area contributed by atoms with Crippen molar-refractivity contribution in [1.82, 2.24) is 4.90 Å². The maximum atomic E-state index is 12.7. The number of piperidine rings is 1. The summed E-state index contributed by atoms with van der Waals surface area (Å²) in [7, 11) is 0. The summed E-state index contributed by atoms with van der Waals surface area (Å²) in [4.78, 5) is 27.5. The first-order valence-electron chi connectivity index (χ1n) is 8.39. The molecule has 2 saturated heterocycles. The minimum Gasteiger partial charge on any atom is -0.371 e. The number of hydrogen-bond donors (Lipinski definition) is 0. The van der Waals surface area contributed by atoms with E-state index in [-0.39, 0.29) is 17.2 Å². The number of nitro groups is 1. The van der Waals surface area contributed by atoms with Gasteiger partial charge in [-0.15, -0.1) is 0 Å². The molecule has 2 fully saturated rings. The van der Waals surface area contributed by atoms with Crippen LogP contribution in [0.5, 0.6) is 0 Å². The highest BCUT2D eigenvalue weighted by Gasteiger charge is 2.28. The molecule has 0 unspecified atom stereocenters. The minimum absolute atomic E-state index is 0.0870. The minimum atomic E-state index is -0.453. The van der Waals surface area contributed by atoms with Crippen molar-refractivity contribution < 1.29 is 9.72 Å². The van der Waals surface area contributed by atoms with Crippen LogP contribution in [-0.4, -0.2) is 41.9 Å². The fourth-order valence-corrected chi connectivity index (χ4v) is 3.41. The zero-order valence-electron chi connectivity index (χ0n) is 13.5. The molecule has 23 heavy (non-hydrogen) atoms. The smallest absolute Gasteiger partial charge is 0.282 e. The summed E-state index contributed by atoms with van der Waals surface area (Å²) in [6, 6.07) is 4.97. The van der Waals surface area contributed by atoms with Gasteiger partial charge in [-0.05, 0) is 43.7 Å². The number of hydrogen-bond acceptors (Lipinski definition) is 4. The van der Waals surface area contributed by atoms with Gasteiger partial charge in [0, 0.05) is 37.9 Å². The number of anilines is 1. The van der Waals surface area contributed by atoms with E-state index in [4.69, 9.17) is 0 Å². The largest absolute Gasteiger partial charge is 0.371 e. The number of nitro benzene ring substituents is 1. The molecule has 6 heteroatoms. The molecule has 6 nitrogen and oxygen atoms in total. The van der Waals surface area contributed by atoms with Gasteiger partial charge in [0.1, 0.15) is 5.56 Å². The van der Waals surface area contributed by atoms with Crippen LogP contribution in [-0.2, 0) is 0 Å². The van der Waals surface area contributed by atoms with Crippen molar-refractivity contribution in [3.8, 4) is 0 Å². The summed E-state index contributed by atoms with van der Waals surface area (Å²) in [5.74, 6) is 0.511. The van der Waals surface area contributed by atoms with Crippen molar-refractivity contribution in [2.45, 2.75) is 32.6 Å². The quantitative estimate of drug-likeness (QED) is 0.635. The van der Waals surface area contributed by atoms with Gasteiger partial charge in [0.15, 0.2) is 0 Å². The first kappa shape index (κ1) is 15.8. The highest BCUT2D eigenvalue weighted by molar-refractivity contribution is 5.99. The number of benzene rings is 1. The molecule has 0 aromatic heterocycles. The summed E-state index contributed by atoms with van der Waals surface area (Å²) in [6.07, 6.45) is 4.19. The number of nitrogens with zero attached hydrogens (tertiary/aromatic N) is 3. The van der Waals surface area contributed by atoms with E-state index in [1.54, 1.807) is 17.0 Å². The number of carbonyl (C=O) groups excluding carboxylic acids is 1. The Morgan fingerprint density at radius 1 is 1.17 bits per heavy atom. The third kappa shape index (κ3) is 3.30. The zero-order chi connectivity index (χ0) is 16.4. The number of amides is 1. The molecule has 0 bridgehead atoms. The number of likely N-dealkylation sites (tertiary alicyclic amines) is 1. The molecule has 0 N–H and O–H groups in total. The average molecular weight is 317 g/mol. The van der Waals surface area contributed by atoms with E-state index in [1.165, 1.54) is 6.07 Å². The van der Waals surface area contributed by atoms with Crippen LogP contribution in [0.25, 0.3) is 0 Å². The molecule has 0 radical (unpaired) electrons. The monoisotopic (exact) mass is 317 g/mol. The molecule has 0 spiro atoms. The van der Waals surface area contributed by atoms with Gasteiger partial charge in [-0.3, -0.25) is 14.9 Å². The topological polar surface area (TPSA) is 66.7 Å². The van der Waals surface area contributed by atoms with Gasteiger partial charge in [0.25, 0.3) is 11.6 Å². The van der Waals surface area contributed by atoms with Crippen LogP contribution in [0.2, 0.25) is 0 Å². The van der Waals surface area contributed by atoms with Gasteiger partial charge < -0.3 is 9.80 Å². The van der Waals surface area contributed by atoms with Gasteiger partial charge in [0.2, 0.25) is 0 Å². The maximum Gasteiger partial charge on any atom is 0.282 e. The summed E-state index contributed by atoms with van der Waals surface area (Å²) in [5.41, 5.74) is 1.06. The Morgan fingerprint density at radius 3 is 2.43 bits per heavy atom. The van der Waals surface area contributed by atoms with Crippen molar-refractivity contribution in [2.75, 3.05) is 31.1 Å². The Balaban J connectivity index is 1.90. The fraction of sp³-hybridized carbons (Fsp3) is 0.588. The average Bonchev–Trinajstić information content (AvgIpc) is 3.08. The van der Waals surface area contributed by atoms with Crippen LogP contribution < -0.4 is 4.90 Å². The lowest BCUT2D eigenvalue weighted by Crippen LogP contribution is -2.33. The summed E-state index contributed by atoms with van der Waals surface area (Å²) >= 11 is 0. The van der Waals surface area contributed by atoms with Crippen LogP contribution in [0.3, 0.4) is 0 Å². The van der Waals surface area contributed by atoms with Crippen molar-refractivity contribution >= 4 is 17.3 Å². The Labute approximate surface area is 136 Å². The van der Waals surface area contributed by atoms with Gasteiger partial charge in [-0.25, -0.2) is 0 Å². The van der Waals surface area contributed by atoms with E-state index in [1.807, 2.05) is 0 Å². The Bertz CT molecular complexity index is 603. The standard InChI is InChI=1S/C17H23N3O3/c1-13-6-10-18(11-7-13)14-4-5-16(20(22)23)15(12-14)17(21)19-8-2-3-9-19/h4-5,12-13H,2-3,6-11H2,1H3. The summed E-state index contributed by atoms with van der Waals surface area (Å²) in [6.45, 7) is 5.52. The predicted molar refractivity (Wildman–Crippen MR) is 88.8 cm³/mol. The molecule has 1 amide bonds. The Morgan fingerprint density at radius 2 is 1.83 bits per heavy atom. The van der Waals surface area contributed by atoms with Gasteiger partial charge in [-0.2, -0.15) is 0 Å². The van der Waals surface area contributed by atoms with E-state index >= 15 is 0 Å². The molecule has 2 aliphatic rings. The summed E-state index contributed by atoms with van der Waals surface area (Å²) in [5, 5.41) is 11.3. The normalized spacial score (nSPS) is 19.2. The van der Waals surface area contributed by atoms with Crippen LogP contribution in [0.4, 0.5) is 11.4 Å². The lowest BCUT2D eigenvalue weighted by molar-refractivity contribution is -0.385. The van der Waals surface area contributed by atoms with Crippen LogP contribution in [0, 0.1) is 16.0 Å². The van der Waals surface area contributed by atoms with Gasteiger partial charge in [0.05, 0.1) is 4.92 Å². The highest BCUT2D eigenvalue weighted by Crippen LogP contribution is 2.29. The number of rotatable bonds is 3. The second kappa shape index (κ2) is 6.56. The van der Waals surface area contributed by atoms with E-state index in [2.05, 4.69) is 11.8 Å². The fourth-order valence-electron chi connectivity index (χ4n) is 3.41. The molecule has 0 saturated carbocycles. The first-order chi connectivity index (χ1) is 11.1. The summed E-state index contributed by atoms with van der Waals surface area (Å²) < 4.78 is 0. The van der Waals surface area contributed by atoms with E-state index in [0.717, 1.165) is 50.4 Å². The van der Waals surface area contributed by atoms with Crippen LogP contribution in [0.15, 0.2) is 18.2 Å². The molecule has 2 aliphatic heterocycles. The highest BCUT2D eigenvalue weighted by atomic mass is 16.6. The van der Waals surface area contributed by atoms with E-state index < -0.39 is 4.92 Å². The third-order valence-electron chi connectivity index (χ3n) is 4.95. The lowest BCUT2D eigenvalue weighted by Gasteiger charge is -2.32. The van der Waals surface area contributed by atoms with Crippen molar-refractivity contribution in [3.63, 3.8) is 0 Å². The Hall–Kier alpha value is -2.11. The first-order valence-corrected chi connectivity index (χ1v) is 8.39. The molecule has 1 aromatic rings. The second-order valence-corrected chi connectivity index (χ2v) is 6.63. The maximum absolute atomic E-state index is 12.7. The van der Waals surface area contributed by atoms with Gasteiger partial charge >= 0.3 is 0 Å². The predicted octanol–water partition coefficient (Wildman–Crippen LogP) is 3.07. The van der Waals surface area contributed by atoms with E-state index in [0.29, 0.717) is 13.1 Å². The molecule has 3 rings (SSSR count). The molecular formula is C17H23N3O3. The lowest BCUT2D eigenvalue weighted by atomic mass is 9.98. The number of carbonyl (C=O) groups is 1. The van der Waals surface area contributed by atoms with Crippen molar-refractivity contribution in [3.05, 3.63) is 33.9 Å². The van der Waals surface area contributed by atoms with Crippen molar-refractivity contribution in [2.24, 2.45) is 5.92 Å². The van der Waals surface area contributed by atoms with Crippen LogP contribution >= 0.6 is 0 Å². The molecule has 2 heterocycles. The third-order valence-corrected chi connectivity index (χ3v) is 4.95. The zero-order valence-corrected chi connectivity index (χ0v) is 13.5. The van der Waals surface area contributed by atoms with Crippen LogP contribution in [0.1, 0.15) is 43.0 Å². The van der Waals surface area contributed by atoms with Crippen molar-refractivity contribution in [1.29, 1.82) is 0 Å².